The Kier molecular flexibility index (Phi) is 3.73. The lowest BCUT2D eigenvalue weighted by molar-refractivity contribution is -0.116. The van der Waals surface area contributed by atoms with E-state index in [2.05, 4.69) is 37.3 Å². The fourth-order valence-corrected chi connectivity index (χ4v) is 3.74. The number of rotatable bonds is 1. The summed E-state index contributed by atoms with van der Waals surface area (Å²) in [4.78, 5) is 14.1. The van der Waals surface area contributed by atoms with Crippen LogP contribution in [-0.4, -0.2) is 5.91 Å². The van der Waals surface area contributed by atoms with E-state index in [1.165, 1.54) is 23.1 Å². The molecule has 0 N–H and O–H groups in total. The minimum absolute atomic E-state index is 0.0463. The molecule has 0 saturated heterocycles. The Balaban J connectivity index is 1.82. The van der Waals surface area contributed by atoms with E-state index in [-0.39, 0.29) is 5.91 Å². The molecule has 4 rings (SSSR count). The maximum atomic E-state index is 12.3. The lowest BCUT2D eigenvalue weighted by Crippen LogP contribution is -2.29. The van der Waals surface area contributed by atoms with Crippen molar-refractivity contribution in [3.05, 3.63) is 63.7 Å². The molecule has 0 radical (unpaired) electrons. The maximum absolute atomic E-state index is 12.3. The molecule has 1 amide bonds. The van der Waals surface area contributed by atoms with Crippen LogP contribution in [0.4, 0.5) is 5.69 Å². The number of benzene rings is 2. The van der Waals surface area contributed by atoms with Crippen molar-refractivity contribution in [1.82, 2.24) is 0 Å². The zero-order valence-corrected chi connectivity index (χ0v) is 14.7. The van der Waals surface area contributed by atoms with Crippen LogP contribution >= 0.6 is 11.6 Å². The van der Waals surface area contributed by atoms with E-state index in [9.17, 15) is 4.79 Å². The fourth-order valence-electron chi connectivity index (χ4n) is 3.56. The van der Waals surface area contributed by atoms with Gasteiger partial charge in [-0.05, 0) is 58.7 Å². The number of anilines is 1. The summed E-state index contributed by atoms with van der Waals surface area (Å²) in [5.41, 5.74) is 5.67. The average molecular weight is 338 g/mol. The van der Waals surface area contributed by atoms with Crippen molar-refractivity contribution >= 4 is 35.3 Å². The van der Waals surface area contributed by atoms with Crippen molar-refractivity contribution < 1.29 is 4.79 Å². The molecule has 2 aromatic carbocycles. The molecular formula is C21H20ClNO. The van der Waals surface area contributed by atoms with Crippen LogP contribution in [0.15, 0.2) is 36.4 Å². The lowest BCUT2D eigenvalue weighted by atomic mass is 9.97. The van der Waals surface area contributed by atoms with E-state index in [0.717, 1.165) is 17.2 Å². The monoisotopic (exact) mass is 337 g/mol. The third kappa shape index (κ3) is 2.76. The molecule has 2 atom stereocenters. The average Bonchev–Trinajstić information content (AvgIpc) is 3.26. The molecule has 0 bridgehead atoms. The van der Waals surface area contributed by atoms with Gasteiger partial charge in [-0.1, -0.05) is 48.9 Å². The van der Waals surface area contributed by atoms with Crippen molar-refractivity contribution in [3.63, 3.8) is 0 Å². The van der Waals surface area contributed by atoms with E-state index >= 15 is 0 Å². The second kappa shape index (κ2) is 5.78. The molecular weight excluding hydrogens is 318 g/mol. The summed E-state index contributed by atoms with van der Waals surface area (Å²) < 4.78 is 0. The normalized spacial score (nSPS) is 22.9. The SMILES string of the molecule is CC(=O)N1Cc2cc([C@H]3C[C@@H]3C)ccc2/C=C\c2cc(Cl)ccc21. The van der Waals surface area contributed by atoms with Crippen molar-refractivity contribution in [2.75, 3.05) is 4.90 Å². The molecule has 122 valence electrons. The van der Waals surface area contributed by atoms with Crippen LogP contribution in [-0.2, 0) is 11.3 Å². The second-order valence-corrected chi connectivity index (χ2v) is 7.36. The zero-order valence-electron chi connectivity index (χ0n) is 13.9. The smallest absolute Gasteiger partial charge is 0.224 e. The largest absolute Gasteiger partial charge is 0.308 e. The molecule has 1 aliphatic heterocycles. The summed E-state index contributed by atoms with van der Waals surface area (Å²) >= 11 is 6.14. The first-order valence-electron chi connectivity index (χ1n) is 8.41. The van der Waals surface area contributed by atoms with Gasteiger partial charge >= 0.3 is 0 Å². The number of fused-ring (bicyclic) bond motifs is 2. The van der Waals surface area contributed by atoms with E-state index in [1.807, 2.05) is 23.1 Å². The summed E-state index contributed by atoms with van der Waals surface area (Å²) in [6, 6.07) is 12.4. The quantitative estimate of drug-likeness (QED) is 0.672. The number of nitrogens with zero attached hydrogens (tertiary/aromatic N) is 1. The van der Waals surface area contributed by atoms with Crippen molar-refractivity contribution in [2.45, 2.75) is 32.7 Å². The molecule has 3 heteroatoms. The number of amides is 1. The van der Waals surface area contributed by atoms with Crippen LogP contribution < -0.4 is 4.90 Å². The fraction of sp³-hybridized carbons (Fsp3) is 0.286. The number of halogens is 1. The van der Waals surface area contributed by atoms with Crippen LogP contribution in [0, 0.1) is 5.92 Å². The first kappa shape index (κ1) is 15.5. The standard InChI is InChI=1S/C21H20ClNO/c1-13-9-20(13)16-5-3-15-4-6-17-11-19(22)7-8-21(17)23(14(2)24)12-18(15)10-16/h3-8,10-11,13,20H,9,12H2,1-2H3/b6-4-/t13-,20-/m0/s1. The van der Waals surface area contributed by atoms with Gasteiger partial charge in [0.1, 0.15) is 0 Å². The highest BCUT2D eigenvalue weighted by Crippen LogP contribution is 2.47. The van der Waals surface area contributed by atoms with Crippen LogP contribution in [0.25, 0.3) is 12.2 Å². The number of carbonyl (C=O) groups is 1. The second-order valence-electron chi connectivity index (χ2n) is 6.92. The van der Waals surface area contributed by atoms with Gasteiger partial charge in [-0.25, -0.2) is 0 Å². The van der Waals surface area contributed by atoms with Gasteiger partial charge in [-0.3, -0.25) is 4.79 Å². The van der Waals surface area contributed by atoms with Gasteiger partial charge in [0.15, 0.2) is 0 Å². The summed E-state index contributed by atoms with van der Waals surface area (Å²) in [7, 11) is 0. The minimum Gasteiger partial charge on any atom is -0.308 e. The van der Waals surface area contributed by atoms with Crippen LogP contribution in [0.1, 0.15) is 48.4 Å². The van der Waals surface area contributed by atoms with E-state index < -0.39 is 0 Å². The van der Waals surface area contributed by atoms with Crippen molar-refractivity contribution in [1.29, 1.82) is 0 Å². The van der Waals surface area contributed by atoms with Gasteiger partial charge in [-0.15, -0.1) is 0 Å². The predicted octanol–water partition coefficient (Wildman–Crippen LogP) is 5.50. The molecule has 1 heterocycles. The molecule has 1 aliphatic carbocycles. The summed E-state index contributed by atoms with van der Waals surface area (Å²) in [6.45, 7) is 4.51. The molecule has 2 nitrogen and oxygen atoms in total. The molecule has 0 spiro atoms. The van der Waals surface area contributed by atoms with Gasteiger partial charge < -0.3 is 4.90 Å². The Labute approximate surface area is 147 Å². The Morgan fingerprint density at radius 2 is 1.88 bits per heavy atom. The highest BCUT2D eigenvalue weighted by molar-refractivity contribution is 6.30. The van der Waals surface area contributed by atoms with Gasteiger partial charge in [-0.2, -0.15) is 0 Å². The third-order valence-electron chi connectivity index (χ3n) is 5.14. The van der Waals surface area contributed by atoms with Gasteiger partial charge in [0, 0.05) is 11.9 Å². The lowest BCUT2D eigenvalue weighted by Gasteiger charge is -2.26. The third-order valence-corrected chi connectivity index (χ3v) is 5.37. The Bertz CT molecular complexity index is 855. The molecule has 0 unspecified atom stereocenters. The van der Waals surface area contributed by atoms with Gasteiger partial charge in [0.25, 0.3) is 0 Å². The topological polar surface area (TPSA) is 20.3 Å². The maximum Gasteiger partial charge on any atom is 0.224 e. The Morgan fingerprint density at radius 3 is 2.58 bits per heavy atom. The summed E-state index contributed by atoms with van der Waals surface area (Å²) in [5.74, 6) is 1.51. The Morgan fingerprint density at radius 1 is 1.12 bits per heavy atom. The molecule has 0 aromatic heterocycles. The molecule has 2 aliphatic rings. The molecule has 1 saturated carbocycles. The van der Waals surface area contributed by atoms with Gasteiger partial charge in [0.2, 0.25) is 5.91 Å². The van der Waals surface area contributed by atoms with Crippen molar-refractivity contribution in [2.24, 2.45) is 5.92 Å². The van der Waals surface area contributed by atoms with E-state index in [4.69, 9.17) is 11.6 Å². The van der Waals surface area contributed by atoms with E-state index in [0.29, 0.717) is 17.5 Å². The molecule has 24 heavy (non-hydrogen) atoms. The highest BCUT2D eigenvalue weighted by atomic mass is 35.5. The Hall–Kier alpha value is -2.06. The number of carbonyl (C=O) groups excluding carboxylic acids is 1. The highest BCUT2D eigenvalue weighted by Gasteiger charge is 2.34. The van der Waals surface area contributed by atoms with E-state index in [1.54, 1.807) is 6.92 Å². The van der Waals surface area contributed by atoms with Crippen LogP contribution in [0.5, 0.6) is 0 Å². The summed E-state index contributed by atoms with van der Waals surface area (Å²) in [6.07, 6.45) is 5.45. The summed E-state index contributed by atoms with van der Waals surface area (Å²) in [5, 5.41) is 0.681. The van der Waals surface area contributed by atoms with Crippen molar-refractivity contribution in [3.8, 4) is 0 Å². The predicted molar refractivity (Wildman–Crippen MR) is 100 cm³/mol. The van der Waals surface area contributed by atoms with Crippen LogP contribution in [0.2, 0.25) is 5.02 Å². The molecule has 1 fully saturated rings. The molecule has 2 aromatic rings. The zero-order chi connectivity index (χ0) is 16.8. The first-order chi connectivity index (χ1) is 11.5. The number of hydrogen-bond donors (Lipinski definition) is 0. The van der Waals surface area contributed by atoms with Gasteiger partial charge in [0.05, 0.1) is 12.2 Å². The number of hydrogen-bond acceptors (Lipinski definition) is 1. The minimum atomic E-state index is 0.0463. The first-order valence-corrected chi connectivity index (χ1v) is 8.79. The van der Waals surface area contributed by atoms with Crippen LogP contribution in [0.3, 0.4) is 0 Å².